The number of hydrogen-bond acceptors (Lipinski definition) is 4. The van der Waals surface area contributed by atoms with E-state index in [9.17, 15) is 9.18 Å². The first kappa shape index (κ1) is 18.1. The van der Waals surface area contributed by atoms with Gasteiger partial charge in [0.1, 0.15) is 5.82 Å². The van der Waals surface area contributed by atoms with Crippen molar-refractivity contribution >= 4 is 5.91 Å². The van der Waals surface area contributed by atoms with Crippen molar-refractivity contribution in [3.63, 3.8) is 0 Å². The highest BCUT2D eigenvalue weighted by atomic mass is 19.1. The largest absolute Gasteiger partial charge is 0.425 e. The zero-order valence-electron chi connectivity index (χ0n) is 15.6. The molecule has 4 rings (SSSR count). The van der Waals surface area contributed by atoms with Crippen molar-refractivity contribution < 1.29 is 13.6 Å². The summed E-state index contributed by atoms with van der Waals surface area (Å²) in [6.45, 7) is 1.51. The lowest BCUT2D eigenvalue weighted by Gasteiger charge is -2.34. The van der Waals surface area contributed by atoms with E-state index < -0.39 is 0 Å². The molecule has 1 amide bonds. The van der Waals surface area contributed by atoms with Crippen LogP contribution in [0.2, 0.25) is 0 Å². The van der Waals surface area contributed by atoms with E-state index in [0.717, 1.165) is 37.8 Å². The second kappa shape index (κ2) is 8.19. The van der Waals surface area contributed by atoms with Gasteiger partial charge in [0.2, 0.25) is 17.7 Å². The third kappa shape index (κ3) is 4.37. The van der Waals surface area contributed by atoms with Gasteiger partial charge in [-0.3, -0.25) is 4.79 Å². The number of likely N-dealkylation sites (tertiary alicyclic amines) is 1. The molecule has 0 N–H and O–H groups in total. The molecule has 0 radical (unpaired) electrons. The Morgan fingerprint density at radius 3 is 2.63 bits per heavy atom. The van der Waals surface area contributed by atoms with E-state index in [2.05, 4.69) is 10.2 Å². The number of amides is 1. The molecule has 144 valence electrons. The van der Waals surface area contributed by atoms with E-state index in [-0.39, 0.29) is 17.7 Å². The topological polar surface area (TPSA) is 59.2 Å². The summed E-state index contributed by atoms with van der Waals surface area (Å²) in [4.78, 5) is 14.8. The highest BCUT2D eigenvalue weighted by Gasteiger charge is 2.32. The van der Waals surface area contributed by atoms with E-state index >= 15 is 0 Å². The lowest BCUT2D eigenvalue weighted by atomic mass is 9.87. The Balaban J connectivity index is 1.38. The number of nitrogens with zero attached hydrogens (tertiary/aromatic N) is 3. The zero-order valence-corrected chi connectivity index (χ0v) is 15.6. The highest BCUT2D eigenvalue weighted by Crippen LogP contribution is 2.30. The molecule has 0 bridgehead atoms. The first-order valence-corrected chi connectivity index (χ1v) is 10.0. The SMILES string of the molecule is O=C(C1CCCCC1)N1CCCC(c2nnc(Cc3ccc(F)cc3)o2)C1. The van der Waals surface area contributed by atoms with Crippen LogP contribution in [0.15, 0.2) is 28.7 Å². The number of rotatable bonds is 4. The summed E-state index contributed by atoms with van der Waals surface area (Å²) < 4.78 is 18.9. The molecule has 1 saturated carbocycles. The van der Waals surface area contributed by atoms with Crippen molar-refractivity contribution in [1.29, 1.82) is 0 Å². The lowest BCUT2D eigenvalue weighted by Crippen LogP contribution is -2.42. The fraction of sp³-hybridized carbons (Fsp3) is 0.571. The Hall–Kier alpha value is -2.24. The molecular weight excluding hydrogens is 345 g/mol. The van der Waals surface area contributed by atoms with Crippen molar-refractivity contribution in [2.24, 2.45) is 5.92 Å². The fourth-order valence-corrected chi connectivity index (χ4v) is 4.27. The van der Waals surface area contributed by atoms with E-state index in [1.54, 1.807) is 12.1 Å². The number of hydrogen-bond donors (Lipinski definition) is 0. The molecule has 1 atom stereocenters. The van der Waals surface area contributed by atoms with E-state index in [4.69, 9.17) is 4.42 Å². The van der Waals surface area contributed by atoms with Crippen LogP contribution in [0, 0.1) is 11.7 Å². The Bertz CT molecular complexity index is 768. The summed E-state index contributed by atoms with van der Waals surface area (Å²) in [5.74, 6) is 1.52. The number of carbonyl (C=O) groups excluding carboxylic acids is 1. The number of piperidine rings is 1. The molecule has 1 aromatic carbocycles. The Morgan fingerprint density at radius 2 is 1.85 bits per heavy atom. The molecule has 5 nitrogen and oxygen atoms in total. The van der Waals surface area contributed by atoms with Gasteiger partial charge < -0.3 is 9.32 Å². The van der Waals surface area contributed by atoms with Crippen molar-refractivity contribution in [2.75, 3.05) is 13.1 Å². The normalized spacial score (nSPS) is 21.4. The number of carbonyl (C=O) groups is 1. The molecule has 1 aromatic heterocycles. The quantitative estimate of drug-likeness (QED) is 0.812. The van der Waals surface area contributed by atoms with Crippen molar-refractivity contribution in [1.82, 2.24) is 15.1 Å². The molecule has 1 unspecified atom stereocenters. The predicted octanol–water partition coefficient (Wildman–Crippen LogP) is 4.09. The maximum absolute atomic E-state index is 13.0. The third-order valence-electron chi connectivity index (χ3n) is 5.79. The summed E-state index contributed by atoms with van der Waals surface area (Å²) >= 11 is 0. The van der Waals surface area contributed by atoms with Crippen molar-refractivity contribution in [3.05, 3.63) is 47.4 Å². The predicted molar refractivity (Wildman–Crippen MR) is 98.6 cm³/mol. The zero-order chi connectivity index (χ0) is 18.6. The molecule has 1 aliphatic carbocycles. The molecule has 2 aromatic rings. The molecule has 1 saturated heterocycles. The second-order valence-electron chi connectivity index (χ2n) is 7.80. The van der Waals surface area contributed by atoms with Crippen LogP contribution in [0.5, 0.6) is 0 Å². The molecule has 6 heteroatoms. The van der Waals surface area contributed by atoms with Gasteiger partial charge in [-0.25, -0.2) is 4.39 Å². The molecular formula is C21H26FN3O2. The van der Waals surface area contributed by atoms with Gasteiger partial charge in [-0.2, -0.15) is 0 Å². The number of halogens is 1. The fourth-order valence-electron chi connectivity index (χ4n) is 4.27. The summed E-state index contributed by atoms with van der Waals surface area (Å²) in [6, 6.07) is 6.32. The lowest BCUT2D eigenvalue weighted by molar-refractivity contribution is -0.137. The smallest absolute Gasteiger partial charge is 0.225 e. The first-order chi connectivity index (χ1) is 13.2. The summed E-state index contributed by atoms with van der Waals surface area (Å²) in [5.41, 5.74) is 0.935. The van der Waals surface area contributed by atoms with Crippen LogP contribution in [0.4, 0.5) is 4.39 Å². The molecule has 2 fully saturated rings. The van der Waals surface area contributed by atoms with Crippen molar-refractivity contribution in [2.45, 2.75) is 57.3 Å². The average molecular weight is 371 g/mol. The van der Waals surface area contributed by atoms with Gasteiger partial charge in [0.25, 0.3) is 0 Å². The maximum Gasteiger partial charge on any atom is 0.225 e. The first-order valence-electron chi connectivity index (χ1n) is 10.0. The summed E-state index contributed by atoms with van der Waals surface area (Å²) in [5, 5.41) is 8.39. The van der Waals surface area contributed by atoms with E-state index in [1.807, 2.05) is 4.90 Å². The minimum Gasteiger partial charge on any atom is -0.425 e. The number of aromatic nitrogens is 2. The van der Waals surface area contributed by atoms with Crippen LogP contribution in [-0.4, -0.2) is 34.1 Å². The second-order valence-corrected chi connectivity index (χ2v) is 7.80. The minimum absolute atomic E-state index is 0.112. The van der Waals surface area contributed by atoms with E-state index in [0.29, 0.717) is 30.7 Å². The molecule has 2 aliphatic rings. The Kier molecular flexibility index (Phi) is 5.50. The number of benzene rings is 1. The molecule has 1 aliphatic heterocycles. The third-order valence-corrected chi connectivity index (χ3v) is 5.79. The maximum atomic E-state index is 13.0. The summed E-state index contributed by atoms with van der Waals surface area (Å²) in [6.07, 6.45) is 8.08. The van der Waals surface area contributed by atoms with E-state index in [1.165, 1.54) is 31.4 Å². The Labute approximate surface area is 159 Å². The van der Waals surface area contributed by atoms with Crippen LogP contribution in [0.1, 0.15) is 68.2 Å². The van der Waals surface area contributed by atoms with Gasteiger partial charge >= 0.3 is 0 Å². The van der Waals surface area contributed by atoms with Gasteiger partial charge in [0.05, 0.1) is 12.3 Å². The van der Waals surface area contributed by atoms with Crippen LogP contribution < -0.4 is 0 Å². The van der Waals surface area contributed by atoms with Gasteiger partial charge in [-0.1, -0.05) is 31.4 Å². The molecule has 2 heterocycles. The van der Waals surface area contributed by atoms with Crippen molar-refractivity contribution in [3.8, 4) is 0 Å². The van der Waals surface area contributed by atoms with Crippen LogP contribution in [0.25, 0.3) is 0 Å². The van der Waals surface area contributed by atoms with Crippen LogP contribution >= 0.6 is 0 Å². The average Bonchev–Trinajstić information content (AvgIpc) is 3.18. The van der Waals surface area contributed by atoms with Crippen LogP contribution in [0.3, 0.4) is 0 Å². The van der Waals surface area contributed by atoms with Gasteiger partial charge in [-0.15, -0.1) is 10.2 Å². The van der Waals surface area contributed by atoms with Gasteiger partial charge in [0, 0.05) is 19.0 Å². The summed E-state index contributed by atoms with van der Waals surface area (Å²) in [7, 11) is 0. The standard InChI is InChI=1S/C21H26FN3O2/c22-18-10-8-15(9-11-18)13-19-23-24-20(27-19)17-7-4-12-25(14-17)21(26)16-5-2-1-3-6-16/h8-11,16-17H,1-7,12-14H2. The molecule has 0 spiro atoms. The monoisotopic (exact) mass is 371 g/mol. The van der Waals surface area contributed by atoms with Crippen LogP contribution in [-0.2, 0) is 11.2 Å². The molecule has 27 heavy (non-hydrogen) atoms. The highest BCUT2D eigenvalue weighted by molar-refractivity contribution is 5.79. The minimum atomic E-state index is -0.255. The Morgan fingerprint density at radius 1 is 1.07 bits per heavy atom. The van der Waals surface area contributed by atoms with Gasteiger partial charge in [0.15, 0.2) is 0 Å². The van der Waals surface area contributed by atoms with Gasteiger partial charge in [-0.05, 0) is 43.4 Å².